The second kappa shape index (κ2) is 6.28. The molecule has 3 atom stereocenters. The highest BCUT2D eigenvalue weighted by molar-refractivity contribution is 5.21. The average Bonchev–Trinajstić information content (AvgIpc) is 3.31. The molecule has 1 aromatic rings. The lowest BCUT2D eigenvalue weighted by Gasteiger charge is -2.41. The number of likely N-dealkylation sites (N-methyl/N-ethyl adjacent to an activating group) is 2. The maximum Gasteiger partial charge on any atom is 0.0252 e. The number of hydrogen-bond donors (Lipinski definition) is 1. The molecule has 2 aliphatic carbocycles. The first-order valence-corrected chi connectivity index (χ1v) is 8.20. The highest BCUT2D eigenvalue weighted by atomic mass is 15.2. The Morgan fingerprint density at radius 3 is 2.50 bits per heavy atom. The SMILES string of the molecule is CNC1CCC(c2ccccc2)CC1N(C)CC1CC1. The molecule has 0 saturated heterocycles. The van der Waals surface area contributed by atoms with Crippen LogP contribution in [-0.2, 0) is 0 Å². The van der Waals surface area contributed by atoms with Gasteiger partial charge >= 0.3 is 0 Å². The molecule has 0 aromatic heterocycles. The van der Waals surface area contributed by atoms with Crippen LogP contribution >= 0.6 is 0 Å². The van der Waals surface area contributed by atoms with Gasteiger partial charge in [0.1, 0.15) is 0 Å². The van der Waals surface area contributed by atoms with Gasteiger partial charge in [0, 0.05) is 18.6 Å². The van der Waals surface area contributed by atoms with Crippen LogP contribution in [0.1, 0.15) is 43.6 Å². The maximum atomic E-state index is 3.56. The van der Waals surface area contributed by atoms with Crippen LogP contribution in [0.5, 0.6) is 0 Å². The largest absolute Gasteiger partial charge is 0.315 e. The molecule has 2 saturated carbocycles. The third-order valence-corrected chi connectivity index (χ3v) is 5.27. The molecule has 0 heterocycles. The average molecular weight is 272 g/mol. The summed E-state index contributed by atoms with van der Waals surface area (Å²) in [5.41, 5.74) is 1.53. The molecule has 0 spiro atoms. The standard InChI is InChI=1S/C18H28N2/c1-19-17-11-10-16(15-6-4-3-5-7-15)12-18(17)20(2)13-14-8-9-14/h3-7,14,16-19H,8-13H2,1-2H3. The summed E-state index contributed by atoms with van der Waals surface area (Å²) in [5, 5.41) is 3.56. The molecule has 3 unspecified atom stereocenters. The van der Waals surface area contributed by atoms with Crippen molar-refractivity contribution in [1.29, 1.82) is 0 Å². The molecule has 0 amide bonds. The Morgan fingerprint density at radius 1 is 1.10 bits per heavy atom. The van der Waals surface area contributed by atoms with Crippen LogP contribution in [0.2, 0.25) is 0 Å². The number of rotatable bonds is 5. The number of nitrogens with one attached hydrogen (secondary N) is 1. The number of nitrogens with zero attached hydrogens (tertiary/aromatic N) is 1. The Bertz CT molecular complexity index is 413. The zero-order valence-corrected chi connectivity index (χ0v) is 12.9. The Balaban J connectivity index is 1.68. The van der Waals surface area contributed by atoms with Crippen LogP contribution in [0.3, 0.4) is 0 Å². The summed E-state index contributed by atoms with van der Waals surface area (Å²) in [6.07, 6.45) is 6.82. The molecule has 110 valence electrons. The minimum atomic E-state index is 0.665. The summed E-state index contributed by atoms with van der Waals surface area (Å²) < 4.78 is 0. The summed E-state index contributed by atoms with van der Waals surface area (Å²) in [6, 6.07) is 12.5. The van der Waals surface area contributed by atoms with Crippen molar-refractivity contribution in [2.45, 2.75) is 50.1 Å². The van der Waals surface area contributed by atoms with Gasteiger partial charge in [-0.15, -0.1) is 0 Å². The van der Waals surface area contributed by atoms with Crippen molar-refractivity contribution < 1.29 is 0 Å². The van der Waals surface area contributed by atoms with Crippen LogP contribution < -0.4 is 5.32 Å². The van der Waals surface area contributed by atoms with Gasteiger partial charge in [0.05, 0.1) is 0 Å². The van der Waals surface area contributed by atoms with Crippen molar-refractivity contribution in [3.05, 3.63) is 35.9 Å². The predicted octanol–water partition coefficient (Wildman–Crippen LogP) is 3.25. The summed E-state index contributed by atoms with van der Waals surface area (Å²) in [5.74, 6) is 1.72. The van der Waals surface area contributed by atoms with E-state index in [4.69, 9.17) is 0 Å². The van der Waals surface area contributed by atoms with Gasteiger partial charge in [-0.25, -0.2) is 0 Å². The zero-order valence-electron chi connectivity index (χ0n) is 12.9. The van der Waals surface area contributed by atoms with Crippen LogP contribution in [0, 0.1) is 5.92 Å². The zero-order chi connectivity index (χ0) is 13.9. The Labute approximate surface area is 123 Å². The first-order chi connectivity index (χ1) is 9.78. The van der Waals surface area contributed by atoms with Gasteiger partial charge in [-0.2, -0.15) is 0 Å². The Kier molecular flexibility index (Phi) is 4.42. The van der Waals surface area contributed by atoms with E-state index in [9.17, 15) is 0 Å². The van der Waals surface area contributed by atoms with Crippen LogP contribution in [0.25, 0.3) is 0 Å². The molecule has 2 nitrogen and oxygen atoms in total. The van der Waals surface area contributed by atoms with Gasteiger partial charge in [0.15, 0.2) is 0 Å². The third kappa shape index (κ3) is 3.24. The molecule has 2 heteroatoms. The number of hydrogen-bond acceptors (Lipinski definition) is 2. The van der Waals surface area contributed by atoms with Crippen molar-refractivity contribution in [2.24, 2.45) is 5.92 Å². The van der Waals surface area contributed by atoms with Gasteiger partial charge in [0.2, 0.25) is 0 Å². The maximum absolute atomic E-state index is 3.56. The molecule has 3 rings (SSSR count). The van der Waals surface area contributed by atoms with Crippen molar-refractivity contribution in [2.75, 3.05) is 20.6 Å². The van der Waals surface area contributed by atoms with Crippen molar-refractivity contribution in [3.63, 3.8) is 0 Å². The third-order valence-electron chi connectivity index (χ3n) is 5.27. The molecule has 20 heavy (non-hydrogen) atoms. The molecule has 1 N–H and O–H groups in total. The van der Waals surface area contributed by atoms with E-state index < -0.39 is 0 Å². The van der Waals surface area contributed by atoms with Gasteiger partial charge in [-0.3, -0.25) is 0 Å². The molecule has 2 fully saturated rings. The van der Waals surface area contributed by atoms with Crippen molar-refractivity contribution >= 4 is 0 Å². The van der Waals surface area contributed by atoms with E-state index in [-0.39, 0.29) is 0 Å². The van der Waals surface area contributed by atoms with E-state index in [1.54, 1.807) is 0 Å². The lowest BCUT2D eigenvalue weighted by molar-refractivity contribution is 0.138. The molecule has 0 aliphatic heterocycles. The van der Waals surface area contributed by atoms with E-state index in [1.165, 1.54) is 44.2 Å². The summed E-state index contributed by atoms with van der Waals surface area (Å²) in [7, 11) is 4.46. The van der Waals surface area contributed by atoms with Crippen molar-refractivity contribution in [1.82, 2.24) is 10.2 Å². The minimum absolute atomic E-state index is 0.665. The van der Waals surface area contributed by atoms with Crippen LogP contribution in [-0.4, -0.2) is 37.6 Å². The smallest absolute Gasteiger partial charge is 0.0252 e. The first-order valence-electron chi connectivity index (χ1n) is 8.20. The van der Waals surface area contributed by atoms with E-state index in [1.807, 2.05) is 0 Å². The first kappa shape index (κ1) is 14.1. The highest BCUT2D eigenvalue weighted by Crippen LogP contribution is 2.37. The van der Waals surface area contributed by atoms with Crippen molar-refractivity contribution in [3.8, 4) is 0 Å². The molecular weight excluding hydrogens is 244 g/mol. The summed E-state index contributed by atoms with van der Waals surface area (Å²) in [6.45, 7) is 1.30. The van der Waals surface area contributed by atoms with E-state index in [2.05, 4.69) is 54.6 Å². The molecule has 0 bridgehead atoms. The molecule has 2 aliphatic rings. The topological polar surface area (TPSA) is 15.3 Å². The lowest BCUT2D eigenvalue weighted by Crippen LogP contribution is -2.51. The quantitative estimate of drug-likeness (QED) is 0.885. The highest BCUT2D eigenvalue weighted by Gasteiger charge is 2.34. The number of benzene rings is 1. The summed E-state index contributed by atoms with van der Waals surface area (Å²) >= 11 is 0. The van der Waals surface area contributed by atoms with Gasteiger partial charge in [0.25, 0.3) is 0 Å². The minimum Gasteiger partial charge on any atom is -0.315 e. The summed E-state index contributed by atoms with van der Waals surface area (Å²) in [4.78, 5) is 2.63. The fraction of sp³-hybridized carbons (Fsp3) is 0.667. The fourth-order valence-electron chi connectivity index (χ4n) is 3.84. The molecule has 0 radical (unpaired) electrons. The van der Waals surface area contributed by atoms with Gasteiger partial charge in [-0.1, -0.05) is 30.3 Å². The lowest BCUT2D eigenvalue weighted by atomic mass is 9.78. The Hall–Kier alpha value is -0.860. The molecular formula is C18H28N2. The van der Waals surface area contributed by atoms with Crippen LogP contribution in [0.15, 0.2) is 30.3 Å². The van der Waals surface area contributed by atoms with E-state index in [0.717, 1.165) is 11.8 Å². The fourth-order valence-corrected chi connectivity index (χ4v) is 3.84. The second-order valence-electron chi connectivity index (χ2n) is 6.77. The second-order valence-corrected chi connectivity index (χ2v) is 6.77. The van der Waals surface area contributed by atoms with Gasteiger partial charge in [-0.05, 0) is 63.6 Å². The normalized spacial score (nSPS) is 30.6. The van der Waals surface area contributed by atoms with Crippen LogP contribution in [0.4, 0.5) is 0 Å². The van der Waals surface area contributed by atoms with Gasteiger partial charge < -0.3 is 10.2 Å². The monoisotopic (exact) mass is 272 g/mol. The Morgan fingerprint density at radius 2 is 1.85 bits per heavy atom. The molecule has 1 aromatic carbocycles. The predicted molar refractivity (Wildman–Crippen MR) is 85.0 cm³/mol. The van der Waals surface area contributed by atoms with E-state index >= 15 is 0 Å². The van der Waals surface area contributed by atoms with E-state index in [0.29, 0.717) is 12.1 Å².